The van der Waals surface area contributed by atoms with Crippen LogP contribution >= 0.6 is 0 Å². The predicted molar refractivity (Wildman–Crippen MR) is 70.4 cm³/mol. The van der Waals surface area contributed by atoms with Crippen molar-refractivity contribution < 1.29 is 9.47 Å². The van der Waals surface area contributed by atoms with E-state index in [-0.39, 0.29) is 0 Å². The monoisotopic (exact) mass is 244 g/mol. The van der Waals surface area contributed by atoms with E-state index in [9.17, 15) is 0 Å². The molecule has 2 unspecified atom stereocenters. The summed E-state index contributed by atoms with van der Waals surface area (Å²) in [4.78, 5) is 2.54. The fourth-order valence-corrected chi connectivity index (χ4v) is 2.15. The van der Waals surface area contributed by atoms with Gasteiger partial charge in [0.15, 0.2) is 0 Å². The van der Waals surface area contributed by atoms with Crippen LogP contribution in [0.5, 0.6) is 0 Å². The fraction of sp³-hybridized carbons (Fsp3) is 1.00. The third-order valence-corrected chi connectivity index (χ3v) is 3.27. The highest BCUT2D eigenvalue weighted by Gasteiger charge is 2.22. The summed E-state index contributed by atoms with van der Waals surface area (Å²) in [5, 5.41) is 3.38. The van der Waals surface area contributed by atoms with Crippen molar-refractivity contribution in [2.24, 2.45) is 0 Å². The minimum Gasteiger partial charge on any atom is -0.383 e. The fourth-order valence-electron chi connectivity index (χ4n) is 2.15. The molecule has 102 valence electrons. The molecule has 0 spiro atoms. The molecule has 1 N–H and O–H groups in total. The van der Waals surface area contributed by atoms with Gasteiger partial charge >= 0.3 is 0 Å². The van der Waals surface area contributed by atoms with Gasteiger partial charge in [-0.15, -0.1) is 0 Å². The van der Waals surface area contributed by atoms with Gasteiger partial charge in [0, 0.05) is 26.2 Å². The van der Waals surface area contributed by atoms with E-state index in [2.05, 4.69) is 24.1 Å². The number of nitrogens with zero attached hydrogens (tertiary/aromatic N) is 1. The average molecular weight is 244 g/mol. The van der Waals surface area contributed by atoms with E-state index in [0.717, 1.165) is 32.8 Å². The van der Waals surface area contributed by atoms with Crippen molar-refractivity contribution in [3.05, 3.63) is 0 Å². The zero-order valence-electron chi connectivity index (χ0n) is 11.6. The Kier molecular flexibility index (Phi) is 7.77. The van der Waals surface area contributed by atoms with Crippen LogP contribution < -0.4 is 5.32 Å². The zero-order valence-corrected chi connectivity index (χ0v) is 11.6. The molecule has 0 aromatic rings. The van der Waals surface area contributed by atoms with Crippen molar-refractivity contribution in [3.8, 4) is 0 Å². The Morgan fingerprint density at radius 3 is 2.88 bits per heavy atom. The third-order valence-electron chi connectivity index (χ3n) is 3.27. The number of ether oxygens (including phenoxy) is 2. The van der Waals surface area contributed by atoms with Crippen LogP contribution in [0, 0.1) is 0 Å². The Hall–Kier alpha value is -0.160. The first-order valence-electron chi connectivity index (χ1n) is 6.79. The molecule has 0 aliphatic carbocycles. The summed E-state index contributed by atoms with van der Waals surface area (Å²) in [5.41, 5.74) is 0. The van der Waals surface area contributed by atoms with E-state index in [1.165, 1.54) is 19.4 Å². The van der Waals surface area contributed by atoms with Gasteiger partial charge in [-0.1, -0.05) is 0 Å². The number of unbranched alkanes of at least 4 members (excludes halogenated alkanes) is 1. The molecule has 1 aliphatic heterocycles. The molecule has 1 saturated heterocycles. The zero-order chi connectivity index (χ0) is 12.5. The number of morpholine rings is 1. The number of methoxy groups -OCH3 is 1. The third kappa shape index (κ3) is 6.36. The summed E-state index contributed by atoms with van der Waals surface area (Å²) in [5.74, 6) is 0. The maximum absolute atomic E-state index is 5.62. The van der Waals surface area contributed by atoms with Crippen LogP contribution in [0.4, 0.5) is 0 Å². The van der Waals surface area contributed by atoms with Crippen molar-refractivity contribution in [1.82, 2.24) is 10.2 Å². The minimum atomic E-state index is 0.394. The Bertz CT molecular complexity index is 190. The van der Waals surface area contributed by atoms with Crippen molar-refractivity contribution in [2.45, 2.75) is 38.8 Å². The molecule has 0 bridgehead atoms. The van der Waals surface area contributed by atoms with Gasteiger partial charge in [-0.3, -0.25) is 4.90 Å². The summed E-state index contributed by atoms with van der Waals surface area (Å²) in [6.07, 6.45) is 2.89. The van der Waals surface area contributed by atoms with Crippen LogP contribution in [-0.4, -0.2) is 63.5 Å². The van der Waals surface area contributed by atoms with Crippen molar-refractivity contribution in [3.63, 3.8) is 0 Å². The molecule has 4 heteroatoms. The highest BCUT2D eigenvalue weighted by molar-refractivity contribution is 4.74. The Balaban J connectivity index is 1.97. The molecule has 0 radical (unpaired) electrons. The van der Waals surface area contributed by atoms with Gasteiger partial charge in [-0.2, -0.15) is 0 Å². The van der Waals surface area contributed by atoms with Gasteiger partial charge < -0.3 is 14.8 Å². The maximum Gasteiger partial charge on any atom is 0.0674 e. The van der Waals surface area contributed by atoms with E-state index in [1.54, 1.807) is 7.11 Å². The second-order valence-electron chi connectivity index (χ2n) is 4.94. The van der Waals surface area contributed by atoms with Gasteiger partial charge in [-0.25, -0.2) is 0 Å². The highest BCUT2D eigenvalue weighted by atomic mass is 16.5. The molecule has 1 heterocycles. The normalized spacial score (nSPS) is 26.3. The van der Waals surface area contributed by atoms with Gasteiger partial charge in [0.1, 0.15) is 0 Å². The lowest BCUT2D eigenvalue weighted by Crippen LogP contribution is -2.47. The molecule has 17 heavy (non-hydrogen) atoms. The largest absolute Gasteiger partial charge is 0.383 e. The van der Waals surface area contributed by atoms with Crippen molar-refractivity contribution >= 4 is 0 Å². The summed E-state index contributed by atoms with van der Waals surface area (Å²) >= 11 is 0. The van der Waals surface area contributed by atoms with Crippen LogP contribution in [0.1, 0.15) is 26.7 Å². The summed E-state index contributed by atoms with van der Waals surface area (Å²) in [7, 11) is 1.74. The topological polar surface area (TPSA) is 33.7 Å². The highest BCUT2D eigenvalue weighted by Crippen LogP contribution is 2.11. The van der Waals surface area contributed by atoms with E-state index in [0.29, 0.717) is 12.1 Å². The SMILES string of the molecule is COCCNCCCCN1CC(C)OCC1C. The lowest BCUT2D eigenvalue weighted by atomic mass is 10.2. The smallest absolute Gasteiger partial charge is 0.0674 e. The van der Waals surface area contributed by atoms with Crippen LogP contribution in [-0.2, 0) is 9.47 Å². The quantitative estimate of drug-likeness (QED) is 0.649. The Labute approximate surface area is 106 Å². The molecular formula is C13H28N2O2. The first kappa shape index (κ1) is 14.9. The van der Waals surface area contributed by atoms with E-state index >= 15 is 0 Å². The van der Waals surface area contributed by atoms with E-state index in [1.807, 2.05) is 0 Å². The second-order valence-corrected chi connectivity index (χ2v) is 4.94. The average Bonchev–Trinajstić information content (AvgIpc) is 2.32. The minimum absolute atomic E-state index is 0.394. The van der Waals surface area contributed by atoms with Crippen LogP contribution in [0.15, 0.2) is 0 Å². The number of hydrogen-bond acceptors (Lipinski definition) is 4. The second kappa shape index (κ2) is 8.86. The van der Waals surface area contributed by atoms with Gasteiger partial charge in [0.2, 0.25) is 0 Å². The lowest BCUT2D eigenvalue weighted by molar-refractivity contribution is -0.0495. The van der Waals surface area contributed by atoms with Crippen LogP contribution in [0.25, 0.3) is 0 Å². The van der Waals surface area contributed by atoms with Crippen LogP contribution in [0.3, 0.4) is 0 Å². The summed E-state index contributed by atoms with van der Waals surface area (Å²) in [6, 6.07) is 0.577. The summed E-state index contributed by atoms with van der Waals surface area (Å²) in [6.45, 7) is 10.4. The van der Waals surface area contributed by atoms with Gasteiger partial charge in [0.25, 0.3) is 0 Å². The number of rotatable bonds is 8. The van der Waals surface area contributed by atoms with Crippen molar-refractivity contribution in [1.29, 1.82) is 0 Å². The molecule has 0 saturated carbocycles. The maximum atomic E-state index is 5.62. The van der Waals surface area contributed by atoms with Gasteiger partial charge in [-0.05, 0) is 39.8 Å². The molecule has 1 fully saturated rings. The molecule has 0 aromatic heterocycles. The first-order chi connectivity index (χ1) is 8.24. The molecule has 4 nitrogen and oxygen atoms in total. The standard InChI is InChI=1S/C13H28N2O2/c1-12-11-17-13(2)10-15(12)8-5-4-6-14-7-9-16-3/h12-14H,4-11H2,1-3H3. The molecule has 1 aliphatic rings. The molecular weight excluding hydrogens is 216 g/mol. The van der Waals surface area contributed by atoms with Crippen molar-refractivity contribution in [2.75, 3.05) is 46.5 Å². The molecule has 0 amide bonds. The molecule has 1 rings (SSSR count). The Morgan fingerprint density at radius 2 is 2.12 bits per heavy atom. The van der Waals surface area contributed by atoms with Gasteiger partial charge in [0.05, 0.1) is 19.3 Å². The van der Waals surface area contributed by atoms with E-state index < -0.39 is 0 Å². The number of hydrogen-bond donors (Lipinski definition) is 1. The lowest BCUT2D eigenvalue weighted by Gasteiger charge is -2.36. The molecule has 0 aromatic carbocycles. The number of nitrogens with one attached hydrogen (secondary N) is 1. The summed E-state index contributed by atoms with van der Waals surface area (Å²) < 4.78 is 10.6. The molecule has 2 atom stereocenters. The van der Waals surface area contributed by atoms with Crippen LogP contribution in [0.2, 0.25) is 0 Å². The predicted octanol–water partition coefficient (Wildman–Crippen LogP) is 1.11. The Morgan fingerprint density at radius 1 is 1.29 bits per heavy atom. The van der Waals surface area contributed by atoms with E-state index in [4.69, 9.17) is 9.47 Å². The first-order valence-corrected chi connectivity index (χ1v) is 6.79.